The number of carbonyl (C=O) groups is 2. The molecule has 1 aliphatic rings. The van der Waals surface area contributed by atoms with Gasteiger partial charge in [0.05, 0.1) is 6.54 Å². The molecule has 1 saturated heterocycles. The van der Waals surface area contributed by atoms with Gasteiger partial charge in [-0.1, -0.05) is 0 Å². The number of nitrogens with zero attached hydrogens (tertiary/aromatic N) is 1. The van der Waals surface area contributed by atoms with E-state index in [1.165, 1.54) is 0 Å². The number of nitrogens with one attached hydrogen (secondary N) is 2. The molecule has 19 heavy (non-hydrogen) atoms. The first-order valence-electron chi connectivity index (χ1n) is 6.46. The van der Waals surface area contributed by atoms with Crippen LogP contribution in [0.2, 0.25) is 0 Å². The number of hydrogen-bond acceptors (Lipinski definition) is 3. The average molecular weight is 261 g/mol. The summed E-state index contributed by atoms with van der Waals surface area (Å²) < 4.78 is 0. The molecule has 0 atom stereocenters. The SMILES string of the molecule is CNc1ccc(C(=O)N2CCCNC(=O)C2)c(C)c1. The van der Waals surface area contributed by atoms with Gasteiger partial charge in [-0.3, -0.25) is 9.59 Å². The van der Waals surface area contributed by atoms with Crippen molar-refractivity contribution in [2.45, 2.75) is 13.3 Å². The normalized spacial score (nSPS) is 15.7. The molecule has 5 heteroatoms. The third-order valence-electron chi connectivity index (χ3n) is 3.29. The number of aryl methyl sites for hydroxylation is 1. The van der Waals surface area contributed by atoms with Gasteiger partial charge in [-0.25, -0.2) is 0 Å². The molecule has 1 aromatic rings. The highest BCUT2D eigenvalue weighted by Gasteiger charge is 2.22. The van der Waals surface area contributed by atoms with Crippen molar-refractivity contribution in [2.75, 3.05) is 32.0 Å². The highest BCUT2D eigenvalue weighted by atomic mass is 16.2. The minimum atomic E-state index is -0.0876. The molecule has 0 saturated carbocycles. The number of amides is 2. The molecule has 0 unspecified atom stereocenters. The lowest BCUT2D eigenvalue weighted by molar-refractivity contribution is -0.121. The second-order valence-corrected chi connectivity index (χ2v) is 4.71. The standard InChI is InChI=1S/C14H19N3O2/c1-10-8-11(15-2)4-5-12(10)14(19)17-7-3-6-16-13(18)9-17/h4-5,8,15H,3,6-7,9H2,1-2H3,(H,16,18). The lowest BCUT2D eigenvalue weighted by atomic mass is 10.1. The Balaban J connectivity index is 2.20. The summed E-state index contributed by atoms with van der Waals surface area (Å²) in [5.41, 5.74) is 2.55. The fourth-order valence-electron chi connectivity index (χ4n) is 2.21. The number of rotatable bonds is 2. The maximum atomic E-state index is 12.4. The summed E-state index contributed by atoms with van der Waals surface area (Å²) >= 11 is 0. The Labute approximate surface area is 113 Å². The molecule has 1 aliphatic heterocycles. The van der Waals surface area contributed by atoms with Crippen molar-refractivity contribution in [1.29, 1.82) is 0 Å². The smallest absolute Gasteiger partial charge is 0.254 e. The van der Waals surface area contributed by atoms with Crippen LogP contribution in [0.25, 0.3) is 0 Å². The number of hydrogen-bond donors (Lipinski definition) is 2. The van der Waals surface area contributed by atoms with Crippen molar-refractivity contribution < 1.29 is 9.59 Å². The third kappa shape index (κ3) is 3.05. The first-order valence-corrected chi connectivity index (χ1v) is 6.46. The topological polar surface area (TPSA) is 61.4 Å². The van der Waals surface area contributed by atoms with Gasteiger partial charge in [0.1, 0.15) is 0 Å². The van der Waals surface area contributed by atoms with Crippen LogP contribution < -0.4 is 10.6 Å². The van der Waals surface area contributed by atoms with Crippen LogP contribution in [0.1, 0.15) is 22.3 Å². The van der Waals surface area contributed by atoms with Gasteiger partial charge in [-0.05, 0) is 37.1 Å². The predicted octanol–water partition coefficient (Wildman–Crippen LogP) is 0.999. The molecule has 2 N–H and O–H groups in total. The molecule has 1 fully saturated rings. The van der Waals surface area contributed by atoms with Crippen molar-refractivity contribution in [3.8, 4) is 0 Å². The quantitative estimate of drug-likeness (QED) is 0.835. The van der Waals surface area contributed by atoms with Gasteiger partial charge >= 0.3 is 0 Å². The van der Waals surface area contributed by atoms with Gasteiger partial charge in [0.15, 0.2) is 0 Å². The summed E-state index contributed by atoms with van der Waals surface area (Å²) in [6, 6.07) is 5.62. The molecular weight excluding hydrogens is 242 g/mol. The van der Waals surface area contributed by atoms with E-state index in [1.807, 2.05) is 32.2 Å². The fourth-order valence-corrected chi connectivity index (χ4v) is 2.21. The Morgan fingerprint density at radius 3 is 2.89 bits per heavy atom. The van der Waals surface area contributed by atoms with E-state index in [2.05, 4.69) is 10.6 Å². The van der Waals surface area contributed by atoms with E-state index < -0.39 is 0 Å². The van der Waals surface area contributed by atoms with E-state index in [0.29, 0.717) is 18.7 Å². The van der Waals surface area contributed by atoms with Crippen LogP contribution in [0.5, 0.6) is 0 Å². The molecule has 0 bridgehead atoms. The highest BCUT2D eigenvalue weighted by molar-refractivity contribution is 5.98. The van der Waals surface area contributed by atoms with Crippen LogP contribution in [-0.2, 0) is 4.79 Å². The summed E-state index contributed by atoms with van der Waals surface area (Å²) in [6.07, 6.45) is 0.797. The van der Waals surface area contributed by atoms with Crippen LogP contribution in [0.4, 0.5) is 5.69 Å². The molecule has 5 nitrogen and oxygen atoms in total. The summed E-state index contributed by atoms with van der Waals surface area (Å²) in [4.78, 5) is 25.6. The zero-order valence-electron chi connectivity index (χ0n) is 11.3. The summed E-state index contributed by atoms with van der Waals surface area (Å²) in [5, 5.41) is 5.81. The van der Waals surface area contributed by atoms with Crippen molar-refractivity contribution in [3.05, 3.63) is 29.3 Å². The van der Waals surface area contributed by atoms with Crippen LogP contribution in [0.15, 0.2) is 18.2 Å². The van der Waals surface area contributed by atoms with E-state index in [-0.39, 0.29) is 18.4 Å². The average Bonchev–Trinajstić information content (AvgIpc) is 2.62. The van der Waals surface area contributed by atoms with E-state index >= 15 is 0 Å². The zero-order valence-corrected chi connectivity index (χ0v) is 11.3. The van der Waals surface area contributed by atoms with Crippen molar-refractivity contribution in [1.82, 2.24) is 10.2 Å². The molecule has 0 radical (unpaired) electrons. The lowest BCUT2D eigenvalue weighted by Crippen LogP contribution is -2.37. The van der Waals surface area contributed by atoms with E-state index in [9.17, 15) is 9.59 Å². The molecular formula is C14H19N3O2. The van der Waals surface area contributed by atoms with Gasteiger partial charge in [-0.2, -0.15) is 0 Å². The Kier molecular flexibility index (Phi) is 4.04. The summed E-state index contributed by atoms with van der Waals surface area (Å²) in [7, 11) is 1.84. The van der Waals surface area contributed by atoms with Crippen molar-refractivity contribution in [2.24, 2.45) is 0 Å². The fraction of sp³-hybridized carbons (Fsp3) is 0.429. The molecule has 1 aromatic carbocycles. The number of benzene rings is 1. The maximum Gasteiger partial charge on any atom is 0.254 e. The molecule has 2 rings (SSSR count). The Hall–Kier alpha value is -2.04. The van der Waals surface area contributed by atoms with E-state index in [0.717, 1.165) is 17.7 Å². The first-order chi connectivity index (χ1) is 9.11. The van der Waals surface area contributed by atoms with Gasteiger partial charge in [0, 0.05) is 31.4 Å². The van der Waals surface area contributed by atoms with Gasteiger partial charge in [-0.15, -0.1) is 0 Å². The molecule has 1 heterocycles. The predicted molar refractivity (Wildman–Crippen MR) is 74.3 cm³/mol. The van der Waals surface area contributed by atoms with E-state index in [1.54, 1.807) is 4.90 Å². The monoisotopic (exact) mass is 261 g/mol. The van der Waals surface area contributed by atoms with Crippen molar-refractivity contribution >= 4 is 17.5 Å². The van der Waals surface area contributed by atoms with Crippen LogP contribution in [-0.4, -0.2) is 43.4 Å². The minimum absolute atomic E-state index is 0.0720. The van der Waals surface area contributed by atoms with Crippen LogP contribution >= 0.6 is 0 Å². The summed E-state index contributed by atoms with van der Waals surface area (Å²) in [6.45, 7) is 3.31. The van der Waals surface area contributed by atoms with Crippen LogP contribution in [0.3, 0.4) is 0 Å². The minimum Gasteiger partial charge on any atom is -0.388 e. The molecule has 0 spiro atoms. The summed E-state index contributed by atoms with van der Waals surface area (Å²) in [5.74, 6) is -0.160. The first kappa shape index (κ1) is 13.4. The van der Waals surface area contributed by atoms with Gasteiger partial charge in [0.2, 0.25) is 5.91 Å². The van der Waals surface area contributed by atoms with Crippen molar-refractivity contribution in [3.63, 3.8) is 0 Å². The van der Waals surface area contributed by atoms with Gasteiger partial charge in [0.25, 0.3) is 5.91 Å². The lowest BCUT2D eigenvalue weighted by Gasteiger charge is -2.20. The molecule has 2 amide bonds. The molecule has 0 aliphatic carbocycles. The van der Waals surface area contributed by atoms with Crippen LogP contribution in [0, 0.1) is 6.92 Å². The highest BCUT2D eigenvalue weighted by Crippen LogP contribution is 2.17. The maximum absolute atomic E-state index is 12.4. The number of anilines is 1. The van der Waals surface area contributed by atoms with E-state index in [4.69, 9.17) is 0 Å². The third-order valence-corrected chi connectivity index (χ3v) is 3.29. The molecule has 0 aromatic heterocycles. The van der Waals surface area contributed by atoms with Gasteiger partial charge < -0.3 is 15.5 Å². The second-order valence-electron chi connectivity index (χ2n) is 4.71. The largest absolute Gasteiger partial charge is 0.388 e. The zero-order chi connectivity index (χ0) is 13.8. The number of carbonyl (C=O) groups excluding carboxylic acids is 2. The Morgan fingerprint density at radius 1 is 1.42 bits per heavy atom. The second kappa shape index (κ2) is 5.73. The Bertz CT molecular complexity index is 499. The Morgan fingerprint density at radius 2 is 2.21 bits per heavy atom. The molecule has 102 valence electrons.